The van der Waals surface area contributed by atoms with Gasteiger partial charge in [0, 0.05) is 11.6 Å². The maximum absolute atomic E-state index is 5.43. The molecular formula is C16H21NO2. The summed E-state index contributed by atoms with van der Waals surface area (Å²) in [5.41, 5.74) is 2.40. The lowest BCUT2D eigenvalue weighted by Crippen LogP contribution is -2.22. The summed E-state index contributed by atoms with van der Waals surface area (Å²) in [5, 5.41) is 3.53. The molecule has 3 nitrogen and oxygen atoms in total. The van der Waals surface area contributed by atoms with Crippen LogP contribution in [0.15, 0.2) is 41.0 Å². The molecule has 0 saturated heterocycles. The molecule has 2 rings (SSSR count). The molecule has 1 N–H and O–H groups in total. The summed E-state index contributed by atoms with van der Waals surface area (Å²) in [6, 6.07) is 10.5. The molecule has 0 amide bonds. The summed E-state index contributed by atoms with van der Waals surface area (Å²) in [7, 11) is 1.71. The normalized spacial score (nSPS) is 14.1. The van der Waals surface area contributed by atoms with Crippen LogP contribution < -0.4 is 10.1 Å². The first-order chi connectivity index (χ1) is 9.11. The minimum atomic E-state index is 0.162. The monoisotopic (exact) mass is 259 g/mol. The van der Waals surface area contributed by atoms with Crippen molar-refractivity contribution in [3.05, 3.63) is 53.5 Å². The molecular weight excluding hydrogens is 238 g/mol. The second-order valence-electron chi connectivity index (χ2n) is 4.87. The van der Waals surface area contributed by atoms with Crippen molar-refractivity contribution in [3.8, 4) is 5.75 Å². The fourth-order valence-electron chi connectivity index (χ4n) is 2.28. The molecule has 0 aliphatic heterocycles. The lowest BCUT2D eigenvalue weighted by molar-refractivity contribution is 0.379. The summed E-state index contributed by atoms with van der Waals surface area (Å²) in [5.74, 6) is 1.86. The van der Waals surface area contributed by atoms with E-state index >= 15 is 0 Å². The Morgan fingerprint density at radius 3 is 2.58 bits per heavy atom. The number of hydrogen-bond acceptors (Lipinski definition) is 3. The molecule has 0 aliphatic rings. The van der Waals surface area contributed by atoms with Crippen molar-refractivity contribution in [3.63, 3.8) is 0 Å². The first-order valence-electron chi connectivity index (χ1n) is 6.55. The summed E-state index contributed by atoms with van der Waals surface area (Å²) >= 11 is 0. The number of ether oxygens (including phenoxy) is 1. The molecule has 0 radical (unpaired) electrons. The van der Waals surface area contributed by atoms with Gasteiger partial charge in [0.2, 0.25) is 0 Å². The van der Waals surface area contributed by atoms with Crippen molar-refractivity contribution in [1.29, 1.82) is 0 Å². The van der Waals surface area contributed by atoms with Crippen LogP contribution >= 0.6 is 0 Å². The van der Waals surface area contributed by atoms with E-state index in [0.717, 1.165) is 11.5 Å². The van der Waals surface area contributed by atoms with E-state index in [1.54, 1.807) is 13.4 Å². The Morgan fingerprint density at radius 2 is 1.95 bits per heavy atom. The number of nitrogens with one attached hydrogen (secondary N) is 1. The highest BCUT2D eigenvalue weighted by Crippen LogP contribution is 2.28. The molecule has 102 valence electrons. The molecule has 2 atom stereocenters. The maximum Gasteiger partial charge on any atom is 0.123 e. The predicted octanol–water partition coefficient (Wildman–Crippen LogP) is 4.01. The molecule has 19 heavy (non-hydrogen) atoms. The fraction of sp³-hybridized carbons (Fsp3) is 0.375. The van der Waals surface area contributed by atoms with E-state index in [1.807, 2.05) is 18.2 Å². The topological polar surface area (TPSA) is 34.4 Å². The van der Waals surface area contributed by atoms with Gasteiger partial charge < -0.3 is 14.5 Å². The van der Waals surface area contributed by atoms with Crippen LogP contribution in [-0.2, 0) is 0 Å². The van der Waals surface area contributed by atoms with Crippen LogP contribution in [0.3, 0.4) is 0 Å². The van der Waals surface area contributed by atoms with Crippen LogP contribution in [0.1, 0.15) is 42.8 Å². The number of furan rings is 1. The van der Waals surface area contributed by atoms with E-state index in [2.05, 4.69) is 38.2 Å². The second-order valence-corrected chi connectivity index (χ2v) is 4.87. The van der Waals surface area contributed by atoms with Crippen LogP contribution in [0.4, 0.5) is 0 Å². The Morgan fingerprint density at radius 1 is 1.16 bits per heavy atom. The molecule has 3 heteroatoms. The van der Waals surface area contributed by atoms with Crippen LogP contribution in [0.25, 0.3) is 0 Å². The molecule has 1 unspecified atom stereocenters. The van der Waals surface area contributed by atoms with Gasteiger partial charge in [-0.2, -0.15) is 0 Å². The predicted molar refractivity (Wildman–Crippen MR) is 76.4 cm³/mol. The first-order valence-corrected chi connectivity index (χ1v) is 6.55. The molecule has 0 aliphatic carbocycles. The minimum absolute atomic E-state index is 0.162. The van der Waals surface area contributed by atoms with E-state index in [0.29, 0.717) is 0 Å². The van der Waals surface area contributed by atoms with Crippen molar-refractivity contribution in [1.82, 2.24) is 5.32 Å². The Kier molecular flexibility index (Phi) is 4.27. The van der Waals surface area contributed by atoms with Gasteiger partial charge in [-0.25, -0.2) is 0 Å². The number of aryl methyl sites for hydroxylation is 1. The van der Waals surface area contributed by atoms with Gasteiger partial charge in [-0.05, 0) is 39.0 Å². The summed E-state index contributed by atoms with van der Waals surface area (Å²) in [6.45, 7) is 6.32. The number of methoxy groups -OCH3 is 1. The van der Waals surface area contributed by atoms with Crippen LogP contribution in [0, 0.1) is 6.92 Å². The lowest BCUT2D eigenvalue weighted by Gasteiger charge is -2.21. The van der Waals surface area contributed by atoms with Crippen molar-refractivity contribution in [2.75, 3.05) is 7.11 Å². The van der Waals surface area contributed by atoms with Crippen molar-refractivity contribution in [2.45, 2.75) is 32.9 Å². The van der Waals surface area contributed by atoms with Crippen LogP contribution in [0.5, 0.6) is 5.75 Å². The smallest absolute Gasteiger partial charge is 0.123 e. The van der Waals surface area contributed by atoms with Crippen molar-refractivity contribution in [2.24, 2.45) is 0 Å². The van der Waals surface area contributed by atoms with Gasteiger partial charge >= 0.3 is 0 Å². The highest BCUT2D eigenvalue weighted by Gasteiger charge is 2.16. The van der Waals surface area contributed by atoms with Gasteiger partial charge in [0.05, 0.1) is 19.4 Å². The van der Waals surface area contributed by atoms with Gasteiger partial charge in [0.25, 0.3) is 0 Å². The number of rotatable bonds is 5. The molecule has 0 bridgehead atoms. The standard InChI is InChI=1S/C16H21NO2/c1-11-7-8-16(18-4)14(10-11)12(2)17-13(3)15-6-5-9-19-15/h5-10,12-13,17H,1-4H3/t12?,13-/m0/s1. The van der Waals surface area contributed by atoms with Gasteiger partial charge in [0.15, 0.2) is 0 Å². The number of hydrogen-bond donors (Lipinski definition) is 1. The van der Waals surface area contributed by atoms with Crippen molar-refractivity contribution >= 4 is 0 Å². The molecule has 1 aromatic heterocycles. The minimum Gasteiger partial charge on any atom is -0.496 e. The Labute approximate surface area is 114 Å². The third-order valence-electron chi connectivity index (χ3n) is 3.32. The third kappa shape index (κ3) is 3.18. The first kappa shape index (κ1) is 13.7. The molecule has 0 saturated carbocycles. The third-order valence-corrected chi connectivity index (χ3v) is 3.32. The van der Waals surface area contributed by atoms with Gasteiger partial charge in [-0.15, -0.1) is 0 Å². The summed E-state index contributed by atoms with van der Waals surface area (Å²) in [4.78, 5) is 0. The molecule has 0 fully saturated rings. The van der Waals surface area contributed by atoms with Crippen LogP contribution in [-0.4, -0.2) is 7.11 Å². The zero-order valence-electron chi connectivity index (χ0n) is 11.9. The second kappa shape index (κ2) is 5.93. The summed E-state index contributed by atoms with van der Waals surface area (Å²) in [6.07, 6.45) is 1.70. The highest BCUT2D eigenvalue weighted by atomic mass is 16.5. The van der Waals surface area contributed by atoms with E-state index in [1.165, 1.54) is 11.1 Å². The fourth-order valence-corrected chi connectivity index (χ4v) is 2.28. The molecule has 1 aromatic carbocycles. The lowest BCUT2D eigenvalue weighted by atomic mass is 10.0. The van der Waals surface area contributed by atoms with E-state index in [-0.39, 0.29) is 12.1 Å². The molecule has 2 aromatic rings. The largest absolute Gasteiger partial charge is 0.496 e. The average Bonchev–Trinajstić information content (AvgIpc) is 2.92. The van der Waals surface area contributed by atoms with E-state index < -0.39 is 0 Å². The van der Waals surface area contributed by atoms with Crippen molar-refractivity contribution < 1.29 is 9.15 Å². The summed E-state index contributed by atoms with van der Waals surface area (Å²) < 4.78 is 10.8. The van der Waals surface area contributed by atoms with E-state index in [4.69, 9.17) is 9.15 Å². The van der Waals surface area contributed by atoms with Gasteiger partial charge in [-0.1, -0.05) is 17.7 Å². The zero-order valence-corrected chi connectivity index (χ0v) is 11.9. The SMILES string of the molecule is COc1ccc(C)cc1C(C)N[C@@H](C)c1ccco1. The van der Waals surface area contributed by atoms with Crippen LogP contribution in [0.2, 0.25) is 0 Å². The zero-order chi connectivity index (χ0) is 13.8. The Hall–Kier alpha value is -1.74. The molecule has 0 spiro atoms. The van der Waals surface area contributed by atoms with E-state index in [9.17, 15) is 0 Å². The maximum atomic E-state index is 5.43. The average molecular weight is 259 g/mol. The van der Waals surface area contributed by atoms with Gasteiger partial charge in [-0.3, -0.25) is 0 Å². The highest BCUT2D eigenvalue weighted by molar-refractivity contribution is 5.39. The molecule has 1 heterocycles. The Bertz CT molecular complexity index is 520. The number of benzene rings is 1. The van der Waals surface area contributed by atoms with Gasteiger partial charge in [0.1, 0.15) is 11.5 Å². The Balaban J connectivity index is 2.15. The quantitative estimate of drug-likeness (QED) is 0.881.